The van der Waals surface area contributed by atoms with Crippen molar-refractivity contribution in [2.24, 2.45) is 5.92 Å². The number of fused-ring (bicyclic) bond motifs is 1. The van der Waals surface area contributed by atoms with E-state index in [-0.39, 0.29) is 17.4 Å². The predicted octanol–water partition coefficient (Wildman–Crippen LogP) is 6.74. The summed E-state index contributed by atoms with van der Waals surface area (Å²) < 4.78 is 15.2. The van der Waals surface area contributed by atoms with Gasteiger partial charge in [0.15, 0.2) is 0 Å². The second-order valence-corrected chi connectivity index (χ2v) is 9.78. The first-order valence-electron chi connectivity index (χ1n) is 12.1. The number of hydrogen-bond acceptors (Lipinski definition) is 3. The van der Waals surface area contributed by atoms with Gasteiger partial charge < -0.3 is 4.90 Å². The first-order valence-corrected chi connectivity index (χ1v) is 12.4. The van der Waals surface area contributed by atoms with Gasteiger partial charge in [0.05, 0.1) is 22.6 Å². The van der Waals surface area contributed by atoms with E-state index < -0.39 is 11.9 Å². The number of aryl methyl sites for hydroxylation is 1. The van der Waals surface area contributed by atoms with Gasteiger partial charge in [-0.25, -0.2) is 9.37 Å². The molecule has 0 saturated heterocycles. The fraction of sp³-hybridized carbons (Fsp3) is 0.276. The molecule has 186 valence electrons. The van der Waals surface area contributed by atoms with Crippen LogP contribution in [0.4, 0.5) is 4.39 Å². The van der Waals surface area contributed by atoms with Crippen LogP contribution in [0.25, 0.3) is 16.6 Å². The van der Waals surface area contributed by atoms with Crippen molar-refractivity contribution in [2.75, 3.05) is 6.54 Å². The van der Waals surface area contributed by atoms with Gasteiger partial charge in [-0.05, 0) is 79.4 Å². The van der Waals surface area contributed by atoms with Crippen LogP contribution < -0.4 is 5.56 Å². The van der Waals surface area contributed by atoms with Crippen LogP contribution in [0.3, 0.4) is 0 Å². The Morgan fingerprint density at radius 1 is 1.08 bits per heavy atom. The Hall–Kier alpha value is -3.51. The highest BCUT2D eigenvalue weighted by molar-refractivity contribution is 6.30. The van der Waals surface area contributed by atoms with Gasteiger partial charge in [0.2, 0.25) is 0 Å². The number of hydrogen-bond donors (Lipinski definition) is 0. The maximum atomic E-state index is 13.9. The van der Waals surface area contributed by atoms with Crippen LogP contribution in [0.1, 0.15) is 55.0 Å². The molecule has 36 heavy (non-hydrogen) atoms. The second-order valence-electron chi connectivity index (χ2n) is 9.34. The van der Waals surface area contributed by atoms with Gasteiger partial charge in [-0.3, -0.25) is 14.2 Å². The molecule has 0 fully saturated rings. The normalized spacial score (nSPS) is 12.2. The SMILES string of the molecule is CCC(c1nc2ccccc2c(=O)n1-c1ccc(Cl)cc1C)N(CC(C)C)C(=O)c1ccc(F)cc1. The van der Waals surface area contributed by atoms with Crippen LogP contribution in [0, 0.1) is 18.7 Å². The highest BCUT2D eigenvalue weighted by Gasteiger charge is 2.30. The van der Waals surface area contributed by atoms with E-state index >= 15 is 0 Å². The first-order chi connectivity index (χ1) is 17.2. The van der Waals surface area contributed by atoms with Crippen molar-refractivity contribution < 1.29 is 9.18 Å². The second kappa shape index (κ2) is 10.6. The summed E-state index contributed by atoms with van der Waals surface area (Å²) in [5.74, 6) is -0.0151. The van der Waals surface area contributed by atoms with Crippen molar-refractivity contribution in [3.63, 3.8) is 0 Å². The van der Waals surface area contributed by atoms with E-state index in [2.05, 4.69) is 0 Å². The standard InChI is InChI=1S/C29H29ClFN3O2/c1-5-25(33(17-18(2)3)28(35)20-10-13-22(31)14-11-20)27-32-24-9-7-6-8-23(24)29(36)34(27)26-15-12-21(30)16-19(26)4/h6-16,18,25H,5,17H2,1-4H3. The summed E-state index contributed by atoms with van der Waals surface area (Å²) in [4.78, 5) is 34.3. The monoisotopic (exact) mass is 505 g/mol. The molecule has 7 heteroatoms. The van der Waals surface area contributed by atoms with E-state index in [9.17, 15) is 14.0 Å². The summed E-state index contributed by atoms with van der Waals surface area (Å²) in [5.41, 5.74) is 2.22. The Kier molecular flexibility index (Phi) is 7.55. The molecule has 1 amide bonds. The van der Waals surface area contributed by atoms with E-state index in [1.54, 1.807) is 39.8 Å². The summed E-state index contributed by atoms with van der Waals surface area (Å²) >= 11 is 6.21. The topological polar surface area (TPSA) is 55.2 Å². The van der Waals surface area contributed by atoms with Crippen molar-refractivity contribution in [1.29, 1.82) is 0 Å². The molecule has 0 spiro atoms. The lowest BCUT2D eigenvalue weighted by atomic mass is 10.0. The summed E-state index contributed by atoms with van der Waals surface area (Å²) in [5, 5.41) is 1.06. The van der Waals surface area contributed by atoms with E-state index in [1.165, 1.54) is 24.3 Å². The molecular weight excluding hydrogens is 477 g/mol. The van der Waals surface area contributed by atoms with E-state index in [0.29, 0.717) is 46.0 Å². The van der Waals surface area contributed by atoms with Gasteiger partial charge >= 0.3 is 0 Å². The van der Waals surface area contributed by atoms with Crippen LogP contribution in [0.5, 0.6) is 0 Å². The molecule has 1 unspecified atom stereocenters. The van der Waals surface area contributed by atoms with Crippen molar-refractivity contribution in [3.8, 4) is 5.69 Å². The van der Waals surface area contributed by atoms with Crippen LogP contribution in [0.2, 0.25) is 5.02 Å². The first kappa shape index (κ1) is 25.6. The van der Waals surface area contributed by atoms with Crippen molar-refractivity contribution in [1.82, 2.24) is 14.5 Å². The minimum Gasteiger partial charge on any atom is -0.328 e. The molecule has 4 rings (SSSR count). The smallest absolute Gasteiger partial charge is 0.266 e. The molecule has 0 aliphatic heterocycles. The summed E-state index contributed by atoms with van der Waals surface area (Å²) in [6.45, 7) is 8.36. The molecule has 0 N–H and O–H groups in total. The molecule has 4 aromatic rings. The molecule has 1 atom stereocenters. The molecule has 1 aromatic heterocycles. The number of carbonyl (C=O) groups excluding carboxylic acids is 1. The van der Waals surface area contributed by atoms with E-state index in [0.717, 1.165) is 5.56 Å². The van der Waals surface area contributed by atoms with Gasteiger partial charge in [-0.15, -0.1) is 0 Å². The van der Waals surface area contributed by atoms with Gasteiger partial charge in [-0.1, -0.05) is 44.5 Å². The molecule has 5 nitrogen and oxygen atoms in total. The highest BCUT2D eigenvalue weighted by Crippen LogP contribution is 2.30. The zero-order valence-corrected chi connectivity index (χ0v) is 21.6. The van der Waals surface area contributed by atoms with Crippen LogP contribution in [-0.4, -0.2) is 26.9 Å². The molecule has 3 aromatic carbocycles. The lowest BCUT2D eigenvalue weighted by molar-refractivity contribution is 0.0631. The molecular formula is C29H29ClFN3O2. The third kappa shape index (κ3) is 5.05. The number of aromatic nitrogens is 2. The fourth-order valence-electron chi connectivity index (χ4n) is 4.52. The third-order valence-electron chi connectivity index (χ3n) is 6.18. The lowest BCUT2D eigenvalue weighted by Gasteiger charge is -2.34. The number of para-hydroxylation sites is 1. The molecule has 0 radical (unpaired) electrons. The third-order valence-corrected chi connectivity index (χ3v) is 6.41. The molecule has 0 aliphatic rings. The van der Waals surface area contributed by atoms with Gasteiger partial charge in [0, 0.05) is 17.1 Å². The Bertz CT molecular complexity index is 1460. The summed E-state index contributed by atoms with van der Waals surface area (Å²) in [6, 6.07) is 17.6. The number of carbonyl (C=O) groups is 1. The zero-order valence-electron chi connectivity index (χ0n) is 20.8. The highest BCUT2D eigenvalue weighted by atomic mass is 35.5. The quantitative estimate of drug-likeness (QED) is 0.279. The molecule has 0 bridgehead atoms. The van der Waals surface area contributed by atoms with Crippen molar-refractivity contribution in [3.05, 3.63) is 105 Å². The van der Waals surface area contributed by atoms with Crippen molar-refractivity contribution >= 4 is 28.4 Å². The maximum Gasteiger partial charge on any atom is 0.266 e. The average molecular weight is 506 g/mol. The van der Waals surface area contributed by atoms with Crippen LogP contribution >= 0.6 is 11.6 Å². The Labute approximate surface area is 215 Å². The van der Waals surface area contributed by atoms with E-state index in [1.807, 2.05) is 39.8 Å². The molecule has 0 saturated carbocycles. The largest absolute Gasteiger partial charge is 0.328 e. The summed E-state index contributed by atoms with van der Waals surface area (Å²) in [7, 11) is 0. The van der Waals surface area contributed by atoms with Gasteiger partial charge in [0.1, 0.15) is 11.6 Å². The number of benzene rings is 3. The number of rotatable bonds is 7. The van der Waals surface area contributed by atoms with Gasteiger partial charge in [0.25, 0.3) is 11.5 Å². The Morgan fingerprint density at radius 3 is 2.42 bits per heavy atom. The molecule has 1 heterocycles. The Morgan fingerprint density at radius 2 is 1.78 bits per heavy atom. The molecule has 0 aliphatic carbocycles. The summed E-state index contributed by atoms with van der Waals surface area (Å²) in [6.07, 6.45) is 0.525. The average Bonchev–Trinajstić information content (AvgIpc) is 2.85. The maximum absolute atomic E-state index is 13.9. The van der Waals surface area contributed by atoms with E-state index in [4.69, 9.17) is 16.6 Å². The number of nitrogens with zero attached hydrogens (tertiary/aromatic N) is 3. The minimum absolute atomic E-state index is 0.154. The minimum atomic E-state index is -0.502. The Balaban J connectivity index is 1.98. The van der Waals surface area contributed by atoms with Crippen molar-refractivity contribution in [2.45, 2.75) is 40.2 Å². The predicted molar refractivity (Wildman–Crippen MR) is 142 cm³/mol. The van der Waals surface area contributed by atoms with Crippen LogP contribution in [-0.2, 0) is 0 Å². The van der Waals surface area contributed by atoms with Gasteiger partial charge in [-0.2, -0.15) is 0 Å². The fourth-order valence-corrected chi connectivity index (χ4v) is 4.75. The zero-order chi connectivity index (χ0) is 26.0. The number of amides is 1. The number of halogens is 2. The lowest BCUT2D eigenvalue weighted by Crippen LogP contribution is -2.40. The van der Waals surface area contributed by atoms with Crippen LogP contribution in [0.15, 0.2) is 71.5 Å².